The molecule has 1 aliphatic carbocycles. The van der Waals surface area contributed by atoms with Gasteiger partial charge in [-0.05, 0) is 42.5 Å². The number of thiophene rings is 1. The highest BCUT2D eigenvalue weighted by molar-refractivity contribution is 7.21. The molecule has 1 aliphatic rings. The van der Waals surface area contributed by atoms with E-state index < -0.39 is 5.82 Å². The number of carbonyl (C=O) groups excluding carboxylic acids is 2. The van der Waals surface area contributed by atoms with Crippen LogP contribution in [0.5, 0.6) is 11.5 Å². The zero-order valence-corrected chi connectivity index (χ0v) is 17.1. The van der Waals surface area contributed by atoms with Gasteiger partial charge in [-0.1, -0.05) is 6.07 Å². The average molecular weight is 412 g/mol. The third kappa shape index (κ3) is 4.45. The maximum absolute atomic E-state index is 14.6. The van der Waals surface area contributed by atoms with Crippen molar-refractivity contribution in [1.29, 1.82) is 0 Å². The Morgan fingerprint density at radius 3 is 2.69 bits per heavy atom. The molecule has 0 N–H and O–H groups in total. The minimum absolute atomic E-state index is 0.0739. The average Bonchev–Trinajstić information content (AvgIpc) is 3.37. The van der Waals surface area contributed by atoms with Crippen molar-refractivity contribution in [2.45, 2.75) is 25.7 Å². The number of ether oxygens (including phenoxy) is 1. The van der Waals surface area contributed by atoms with E-state index in [4.69, 9.17) is 4.74 Å². The highest BCUT2D eigenvalue weighted by Gasteiger charge is 2.24. The van der Waals surface area contributed by atoms with Crippen LogP contribution in [0.1, 0.15) is 34.5 Å². The minimum Gasteiger partial charge on any atom is -0.453 e. The summed E-state index contributed by atoms with van der Waals surface area (Å²) >= 11 is 1.26. The van der Waals surface area contributed by atoms with Crippen LogP contribution in [0.4, 0.5) is 4.39 Å². The Balaban J connectivity index is 1.54. The van der Waals surface area contributed by atoms with Crippen LogP contribution in [-0.2, 0) is 11.2 Å². The van der Waals surface area contributed by atoms with Crippen molar-refractivity contribution in [2.75, 3.05) is 14.1 Å². The first-order valence-corrected chi connectivity index (χ1v) is 10.3. The molecule has 0 saturated heterocycles. The first kappa shape index (κ1) is 19.5. The predicted molar refractivity (Wildman–Crippen MR) is 110 cm³/mol. The van der Waals surface area contributed by atoms with Crippen LogP contribution in [0.25, 0.3) is 10.2 Å². The second-order valence-electron chi connectivity index (χ2n) is 7.56. The van der Waals surface area contributed by atoms with Crippen molar-refractivity contribution in [2.24, 2.45) is 5.92 Å². The van der Waals surface area contributed by atoms with Gasteiger partial charge >= 0.3 is 0 Å². The maximum Gasteiger partial charge on any atom is 0.263 e. The number of benzene rings is 1. The highest BCUT2D eigenvalue weighted by Crippen LogP contribution is 2.36. The van der Waals surface area contributed by atoms with Crippen molar-refractivity contribution < 1.29 is 18.7 Å². The Bertz CT molecular complexity index is 1090. The first-order chi connectivity index (χ1) is 13.9. The Morgan fingerprint density at radius 1 is 1.21 bits per heavy atom. The molecule has 2 aromatic heterocycles. The van der Waals surface area contributed by atoms with E-state index in [-0.39, 0.29) is 23.9 Å². The van der Waals surface area contributed by atoms with E-state index in [0.717, 1.165) is 12.8 Å². The highest BCUT2D eigenvalue weighted by atomic mass is 32.1. The van der Waals surface area contributed by atoms with Gasteiger partial charge in [-0.3, -0.25) is 14.6 Å². The SMILES string of the molecule is CN(C)C(=O)c1cc2nccc(Oc3ccc(CC(=O)CC4CC4)cc3F)c2s1. The van der Waals surface area contributed by atoms with Gasteiger partial charge in [0.15, 0.2) is 11.6 Å². The van der Waals surface area contributed by atoms with Crippen LogP contribution >= 0.6 is 11.3 Å². The van der Waals surface area contributed by atoms with E-state index in [9.17, 15) is 14.0 Å². The lowest BCUT2D eigenvalue weighted by molar-refractivity contribution is -0.118. The van der Waals surface area contributed by atoms with E-state index in [0.29, 0.717) is 38.7 Å². The van der Waals surface area contributed by atoms with Crippen molar-refractivity contribution in [3.63, 3.8) is 0 Å². The quantitative estimate of drug-likeness (QED) is 0.557. The number of rotatable bonds is 7. The third-order valence-electron chi connectivity index (χ3n) is 4.82. The number of amides is 1. The lowest BCUT2D eigenvalue weighted by Gasteiger charge is -2.09. The van der Waals surface area contributed by atoms with Crippen LogP contribution < -0.4 is 4.74 Å². The van der Waals surface area contributed by atoms with Gasteiger partial charge < -0.3 is 9.64 Å². The number of pyridine rings is 1. The number of hydrogen-bond acceptors (Lipinski definition) is 5. The molecule has 1 fully saturated rings. The van der Waals surface area contributed by atoms with Crippen molar-refractivity contribution in [3.05, 3.63) is 52.8 Å². The van der Waals surface area contributed by atoms with E-state index >= 15 is 0 Å². The molecule has 150 valence electrons. The number of ketones is 1. The molecule has 4 rings (SSSR count). The Morgan fingerprint density at radius 2 is 2.00 bits per heavy atom. The van der Waals surface area contributed by atoms with Gasteiger partial charge in [-0.15, -0.1) is 11.3 Å². The molecular weight excluding hydrogens is 391 g/mol. The van der Waals surface area contributed by atoms with E-state index in [1.807, 2.05) is 0 Å². The molecular formula is C22H21FN2O3S. The Hall–Kier alpha value is -2.80. The molecule has 0 bridgehead atoms. The molecule has 29 heavy (non-hydrogen) atoms. The smallest absolute Gasteiger partial charge is 0.263 e. The number of carbonyl (C=O) groups is 2. The molecule has 3 aromatic rings. The molecule has 1 amide bonds. The second-order valence-corrected chi connectivity index (χ2v) is 8.62. The summed E-state index contributed by atoms with van der Waals surface area (Å²) in [5.41, 5.74) is 1.27. The van der Waals surface area contributed by atoms with Crippen LogP contribution in [0.2, 0.25) is 0 Å². The molecule has 0 spiro atoms. The molecule has 1 aromatic carbocycles. The van der Waals surface area contributed by atoms with Crippen molar-refractivity contribution in [1.82, 2.24) is 9.88 Å². The lowest BCUT2D eigenvalue weighted by Crippen LogP contribution is -2.20. The predicted octanol–water partition coefficient (Wildman–Crippen LogP) is 4.84. The summed E-state index contributed by atoms with van der Waals surface area (Å²) in [6.45, 7) is 0. The van der Waals surface area contributed by atoms with Gasteiger partial charge in [0.05, 0.1) is 15.1 Å². The van der Waals surface area contributed by atoms with Gasteiger partial charge in [0, 0.05) is 39.2 Å². The number of hydrogen-bond donors (Lipinski definition) is 0. The van der Waals surface area contributed by atoms with Crippen LogP contribution in [0, 0.1) is 11.7 Å². The standard InChI is InChI=1S/C22H21FN2O3S/c1-25(2)22(27)20-12-17-21(29-20)19(7-8-24-17)28-18-6-5-14(11-16(18)23)10-15(26)9-13-3-4-13/h5-8,11-13H,3-4,9-10H2,1-2H3. The molecule has 0 atom stereocenters. The van der Waals surface area contributed by atoms with Gasteiger partial charge in [0.2, 0.25) is 0 Å². The van der Waals surface area contributed by atoms with E-state index in [2.05, 4.69) is 4.98 Å². The van der Waals surface area contributed by atoms with Crippen LogP contribution in [0.3, 0.4) is 0 Å². The van der Waals surface area contributed by atoms with Gasteiger partial charge in [-0.2, -0.15) is 0 Å². The fraction of sp³-hybridized carbons (Fsp3) is 0.318. The van der Waals surface area contributed by atoms with Gasteiger partial charge in [-0.25, -0.2) is 4.39 Å². The monoisotopic (exact) mass is 412 g/mol. The third-order valence-corrected chi connectivity index (χ3v) is 5.95. The zero-order valence-electron chi connectivity index (χ0n) is 16.3. The number of fused-ring (bicyclic) bond motifs is 1. The van der Waals surface area contributed by atoms with E-state index in [1.54, 1.807) is 44.6 Å². The normalized spacial score (nSPS) is 13.5. The Labute approximate surface area is 172 Å². The topological polar surface area (TPSA) is 59.5 Å². The maximum atomic E-state index is 14.6. The molecule has 5 nitrogen and oxygen atoms in total. The van der Waals surface area contributed by atoms with E-state index in [1.165, 1.54) is 22.3 Å². The summed E-state index contributed by atoms with van der Waals surface area (Å²) in [5.74, 6) is 0.546. The van der Waals surface area contributed by atoms with Gasteiger partial charge in [0.1, 0.15) is 11.5 Å². The molecule has 1 saturated carbocycles. The largest absolute Gasteiger partial charge is 0.453 e. The first-order valence-electron chi connectivity index (χ1n) is 9.49. The molecule has 0 aliphatic heterocycles. The number of Topliss-reactive ketones (excluding diaryl/α,β-unsaturated/α-hetero) is 1. The summed E-state index contributed by atoms with van der Waals surface area (Å²) in [6, 6.07) is 7.97. The summed E-state index contributed by atoms with van der Waals surface area (Å²) in [5, 5.41) is 0. The molecule has 0 radical (unpaired) electrons. The fourth-order valence-electron chi connectivity index (χ4n) is 3.12. The lowest BCUT2D eigenvalue weighted by atomic mass is 10.0. The summed E-state index contributed by atoms with van der Waals surface area (Å²) < 4.78 is 21.1. The summed E-state index contributed by atoms with van der Waals surface area (Å²) in [7, 11) is 3.37. The Kier molecular flexibility index (Phi) is 5.32. The second kappa shape index (κ2) is 7.91. The summed E-state index contributed by atoms with van der Waals surface area (Å²) in [4.78, 5) is 30.5. The van der Waals surface area contributed by atoms with Crippen molar-refractivity contribution in [3.8, 4) is 11.5 Å². The fourth-order valence-corrected chi connectivity index (χ4v) is 4.21. The number of aromatic nitrogens is 1. The van der Waals surface area contributed by atoms with Crippen LogP contribution in [0.15, 0.2) is 36.5 Å². The molecule has 7 heteroatoms. The summed E-state index contributed by atoms with van der Waals surface area (Å²) in [6.07, 6.45) is 4.64. The molecule has 2 heterocycles. The molecule has 0 unspecified atom stereocenters. The number of nitrogens with zero attached hydrogens (tertiary/aromatic N) is 2. The van der Waals surface area contributed by atoms with Gasteiger partial charge in [0.25, 0.3) is 5.91 Å². The zero-order chi connectivity index (χ0) is 20.5. The minimum atomic E-state index is -0.521. The van der Waals surface area contributed by atoms with Crippen molar-refractivity contribution >= 4 is 33.2 Å². The number of halogens is 1. The van der Waals surface area contributed by atoms with Crippen LogP contribution in [-0.4, -0.2) is 35.7 Å².